The second-order valence-electron chi connectivity index (χ2n) is 7.90. The highest BCUT2D eigenvalue weighted by atomic mass is 79.9. The minimum Gasteiger partial charge on any atom is -0.304 e. The third kappa shape index (κ3) is 5.68. The summed E-state index contributed by atoms with van der Waals surface area (Å²) in [6, 6.07) is 6.78. The smallest absolute Gasteiger partial charge is 0.258 e. The lowest BCUT2D eigenvalue weighted by Gasteiger charge is -2.26. The molecule has 13 heteroatoms. The molecule has 0 saturated carbocycles. The van der Waals surface area contributed by atoms with Gasteiger partial charge in [0.1, 0.15) is 10.7 Å². The van der Waals surface area contributed by atoms with Gasteiger partial charge in [-0.15, -0.1) is 0 Å². The highest BCUT2D eigenvalue weighted by molar-refractivity contribution is 9.10. The standard InChI is InChI=1S/C22H19BrCl3FN4O3S/c23-15-12-30(11-14-16(24)5-4-6-19(14)27)29-21(15)28-22(32)13-9-20(18(26)10-17(13)25)35(33,34)31-7-2-1-3-8-31/h4-6,9-10,12H,1-3,7-8,11H2,(H,28,29,32). The number of anilines is 1. The third-order valence-electron chi connectivity index (χ3n) is 5.53. The Bertz CT molecular complexity index is 1370. The maximum Gasteiger partial charge on any atom is 0.258 e. The number of piperidine rings is 1. The summed E-state index contributed by atoms with van der Waals surface area (Å²) in [5, 5.41) is 7.03. The van der Waals surface area contributed by atoms with Gasteiger partial charge in [0.25, 0.3) is 5.91 Å². The van der Waals surface area contributed by atoms with Crippen molar-refractivity contribution in [1.29, 1.82) is 0 Å². The van der Waals surface area contributed by atoms with E-state index in [1.54, 1.807) is 12.3 Å². The second-order valence-corrected chi connectivity index (χ2v) is 11.9. The molecule has 0 spiro atoms. The number of benzene rings is 2. The molecular formula is C22H19BrCl3FN4O3S. The van der Waals surface area contributed by atoms with E-state index >= 15 is 0 Å². The number of hydrogen-bond donors (Lipinski definition) is 1. The third-order valence-corrected chi connectivity index (χ3v) is 9.14. The summed E-state index contributed by atoms with van der Waals surface area (Å²) >= 11 is 21.9. The van der Waals surface area contributed by atoms with E-state index in [1.807, 2.05) is 0 Å². The van der Waals surface area contributed by atoms with Crippen molar-refractivity contribution in [2.75, 3.05) is 18.4 Å². The number of carbonyl (C=O) groups excluding carboxylic acids is 1. The van der Waals surface area contributed by atoms with Gasteiger partial charge in [0.2, 0.25) is 10.0 Å². The zero-order valence-electron chi connectivity index (χ0n) is 18.1. The highest BCUT2D eigenvalue weighted by Crippen LogP contribution is 2.33. The summed E-state index contributed by atoms with van der Waals surface area (Å²) in [5.74, 6) is -1.03. The van der Waals surface area contributed by atoms with E-state index in [-0.39, 0.29) is 43.5 Å². The largest absolute Gasteiger partial charge is 0.304 e. The molecule has 1 aliphatic heterocycles. The first-order valence-electron chi connectivity index (χ1n) is 10.5. The molecule has 1 aliphatic rings. The lowest BCUT2D eigenvalue weighted by atomic mass is 10.2. The van der Waals surface area contributed by atoms with Crippen molar-refractivity contribution in [2.45, 2.75) is 30.7 Å². The molecule has 4 rings (SSSR count). The quantitative estimate of drug-likeness (QED) is 0.353. The zero-order valence-corrected chi connectivity index (χ0v) is 22.7. The van der Waals surface area contributed by atoms with E-state index in [1.165, 1.54) is 33.3 Å². The topological polar surface area (TPSA) is 84.3 Å². The number of aromatic nitrogens is 2. The second kappa shape index (κ2) is 10.7. The molecule has 186 valence electrons. The maximum atomic E-state index is 14.1. The van der Waals surface area contributed by atoms with E-state index in [4.69, 9.17) is 34.8 Å². The zero-order chi connectivity index (χ0) is 25.3. The van der Waals surface area contributed by atoms with Gasteiger partial charge in [0, 0.05) is 29.9 Å². The fourth-order valence-electron chi connectivity index (χ4n) is 3.73. The van der Waals surface area contributed by atoms with Crippen LogP contribution in [0.3, 0.4) is 0 Å². The van der Waals surface area contributed by atoms with Gasteiger partial charge in [-0.2, -0.15) is 9.40 Å². The minimum atomic E-state index is -3.90. The Morgan fingerprint density at radius 2 is 1.80 bits per heavy atom. The van der Waals surface area contributed by atoms with Crippen LogP contribution in [0.15, 0.2) is 45.9 Å². The molecule has 0 radical (unpaired) electrons. The van der Waals surface area contributed by atoms with Crippen LogP contribution in [0.5, 0.6) is 0 Å². The highest BCUT2D eigenvalue weighted by Gasteiger charge is 2.30. The van der Waals surface area contributed by atoms with Crippen LogP contribution >= 0.6 is 50.7 Å². The minimum absolute atomic E-state index is 0.0150. The van der Waals surface area contributed by atoms with E-state index < -0.39 is 21.7 Å². The lowest BCUT2D eigenvalue weighted by Crippen LogP contribution is -2.35. The SMILES string of the molecule is O=C(Nc1nn(Cc2c(F)cccc2Cl)cc1Br)c1cc(S(=O)(=O)N2CCCCC2)c(Cl)cc1Cl. The maximum absolute atomic E-state index is 14.1. The Balaban J connectivity index is 1.59. The predicted molar refractivity (Wildman–Crippen MR) is 137 cm³/mol. The monoisotopic (exact) mass is 622 g/mol. The molecule has 1 N–H and O–H groups in total. The first kappa shape index (κ1) is 26.4. The first-order chi connectivity index (χ1) is 16.6. The molecule has 2 heterocycles. The number of rotatable bonds is 6. The summed E-state index contributed by atoms with van der Waals surface area (Å²) in [5.41, 5.74) is 0.167. The molecule has 2 aromatic carbocycles. The Hall–Kier alpha value is -1.69. The van der Waals surface area contributed by atoms with Crippen molar-refractivity contribution in [3.8, 4) is 0 Å². The Labute approximate surface area is 225 Å². The van der Waals surface area contributed by atoms with Crippen LogP contribution in [0.25, 0.3) is 0 Å². The molecule has 3 aromatic rings. The summed E-state index contributed by atoms with van der Waals surface area (Å²) in [4.78, 5) is 12.8. The molecule has 0 aliphatic carbocycles. The molecule has 1 saturated heterocycles. The Morgan fingerprint density at radius 3 is 2.49 bits per heavy atom. The van der Waals surface area contributed by atoms with Gasteiger partial charge < -0.3 is 5.32 Å². The molecule has 1 fully saturated rings. The van der Waals surface area contributed by atoms with Gasteiger partial charge in [-0.1, -0.05) is 47.3 Å². The number of amides is 1. The van der Waals surface area contributed by atoms with Crippen molar-refractivity contribution in [1.82, 2.24) is 14.1 Å². The summed E-state index contributed by atoms with van der Waals surface area (Å²) in [6.45, 7) is 0.804. The van der Waals surface area contributed by atoms with Crippen molar-refractivity contribution in [3.63, 3.8) is 0 Å². The van der Waals surface area contributed by atoms with Crippen LogP contribution in [0.4, 0.5) is 10.2 Å². The van der Waals surface area contributed by atoms with Gasteiger partial charge >= 0.3 is 0 Å². The molecule has 0 atom stereocenters. The molecule has 1 amide bonds. The van der Waals surface area contributed by atoms with Crippen LogP contribution < -0.4 is 5.32 Å². The number of nitrogens with one attached hydrogen (secondary N) is 1. The molecule has 1 aromatic heterocycles. The average Bonchev–Trinajstić information content (AvgIpc) is 3.15. The Kier molecular flexibility index (Phi) is 8.09. The van der Waals surface area contributed by atoms with Gasteiger partial charge in [-0.3, -0.25) is 9.48 Å². The van der Waals surface area contributed by atoms with Crippen molar-refractivity contribution >= 4 is 72.5 Å². The van der Waals surface area contributed by atoms with Crippen LogP contribution in [0, 0.1) is 5.82 Å². The fourth-order valence-corrected chi connectivity index (χ4v) is 6.72. The van der Waals surface area contributed by atoms with E-state index in [9.17, 15) is 17.6 Å². The molecular weight excluding hydrogens is 606 g/mol. The van der Waals surface area contributed by atoms with Gasteiger partial charge in [0.05, 0.1) is 26.6 Å². The van der Waals surface area contributed by atoms with E-state index in [0.717, 1.165) is 19.3 Å². The molecule has 35 heavy (non-hydrogen) atoms. The van der Waals surface area contributed by atoms with Gasteiger partial charge in [-0.05, 0) is 53.0 Å². The van der Waals surface area contributed by atoms with E-state index in [2.05, 4.69) is 26.3 Å². The van der Waals surface area contributed by atoms with Crippen LogP contribution in [0.2, 0.25) is 15.1 Å². The Morgan fingerprint density at radius 1 is 1.09 bits per heavy atom. The van der Waals surface area contributed by atoms with Gasteiger partial charge in [0.15, 0.2) is 5.82 Å². The average molecular weight is 625 g/mol. The summed E-state index contributed by atoms with van der Waals surface area (Å²) in [7, 11) is -3.90. The van der Waals surface area contributed by atoms with Crippen molar-refractivity contribution in [3.05, 3.63) is 73.0 Å². The molecule has 0 unspecified atom stereocenters. The molecule has 0 bridgehead atoms. The number of hydrogen-bond acceptors (Lipinski definition) is 4. The number of halogens is 5. The van der Waals surface area contributed by atoms with Crippen LogP contribution in [-0.4, -0.2) is 41.5 Å². The number of sulfonamides is 1. The van der Waals surface area contributed by atoms with Crippen LogP contribution in [0.1, 0.15) is 35.2 Å². The lowest BCUT2D eigenvalue weighted by molar-refractivity contribution is 0.102. The van der Waals surface area contributed by atoms with Crippen LogP contribution in [-0.2, 0) is 16.6 Å². The summed E-state index contributed by atoms with van der Waals surface area (Å²) in [6.07, 6.45) is 4.02. The molecule has 7 nitrogen and oxygen atoms in total. The predicted octanol–water partition coefficient (Wildman–Crippen LogP) is 6.22. The number of carbonyl (C=O) groups is 1. The fraction of sp³-hybridized carbons (Fsp3) is 0.273. The van der Waals surface area contributed by atoms with Crippen molar-refractivity contribution < 1.29 is 17.6 Å². The summed E-state index contributed by atoms with van der Waals surface area (Å²) < 4.78 is 43.6. The first-order valence-corrected chi connectivity index (χ1v) is 13.9. The van der Waals surface area contributed by atoms with Crippen molar-refractivity contribution in [2.24, 2.45) is 0 Å². The normalized spacial score (nSPS) is 14.8. The van der Waals surface area contributed by atoms with E-state index in [0.29, 0.717) is 17.6 Å². The number of nitrogens with zero attached hydrogens (tertiary/aromatic N) is 3. The van der Waals surface area contributed by atoms with Gasteiger partial charge in [-0.25, -0.2) is 12.8 Å².